The molecular formula is C28H22N2O2. The Morgan fingerprint density at radius 3 is 1.94 bits per heavy atom. The second kappa shape index (κ2) is 10.5. The molecule has 0 saturated heterocycles. The second-order valence-corrected chi connectivity index (χ2v) is 7.02. The molecule has 0 spiro atoms. The normalized spacial score (nSPS) is 11.0. The molecule has 4 aromatic rings. The Labute approximate surface area is 187 Å². The molecule has 156 valence electrons. The standard InChI is InChI=1S/C28H22N2O2/c31-28(26-13-7-8-14-27(26)32-25-11-5-2-6-12-25)30-29-21-24-19-17-23(18-20-24)16-15-22-9-3-1-4-10-22/h1-21H,(H,30,31)/b16-15+,29-21+. The van der Waals surface area contributed by atoms with Crippen molar-refractivity contribution in [1.82, 2.24) is 5.43 Å². The first-order chi connectivity index (χ1) is 15.8. The maximum atomic E-state index is 12.6. The molecule has 1 amide bonds. The van der Waals surface area contributed by atoms with Gasteiger partial charge in [0.1, 0.15) is 11.5 Å². The lowest BCUT2D eigenvalue weighted by Gasteiger charge is -2.09. The zero-order valence-electron chi connectivity index (χ0n) is 17.4. The van der Waals surface area contributed by atoms with Crippen molar-refractivity contribution in [2.24, 2.45) is 5.10 Å². The van der Waals surface area contributed by atoms with E-state index in [1.54, 1.807) is 24.4 Å². The van der Waals surface area contributed by atoms with Gasteiger partial charge in [0, 0.05) is 0 Å². The molecule has 0 aromatic heterocycles. The van der Waals surface area contributed by atoms with Gasteiger partial charge >= 0.3 is 0 Å². The van der Waals surface area contributed by atoms with Crippen molar-refractivity contribution >= 4 is 24.3 Å². The molecule has 4 nitrogen and oxygen atoms in total. The lowest BCUT2D eigenvalue weighted by molar-refractivity contribution is 0.0953. The van der Waals surface area contributed by atoms with Crippen molar-refractivity contribution in [1.29, 1.82) is 0 Å². The topological polar surface area (TPSA) is 50.7 Å². The molecule has 0 aliphatic heterocycles. The van der Waals surface area contributed by atoms with E-state index in [1.165, 1.54) is 0 Å². The summed E-state index contributed by atoms with van der Waals surface area (Å²) in [6, 6.07) is 34.5. The average Bonchev–Trinajstić information content (AvgIpc) is 2.85. The van der Waals surface area contributed by atoms with E-state index in [1.807, 2.05) is 78.9 Å². The lowest BCUT2D eigenvalue weighted by Crippen LogP contribution is -2.18. The molecule has 32 heavy (non-hydrogen) atoms. The van der Waals surface area contributed by atoms with E-state index in [9.17, 15) is 4.79 Å². The molecule has 0 atom stereocenters. The van der Waals surface area contributed by atoms with Crippen LogP contribution in [-0.4, -0.2) is 12.1 Å². The van der Waals surface area contributed by atoms with Crippen molar-refractivity contribution in [3.05, 3.63) is 131 Å². The summed E-state index contributed by atoms with van der Waals surface area (Å²) in [7, 11) is 0. The number of nitrogens with zero attached hydrogens (tertiary/aromatic N) is 1. The highest BCUT2D eigenvalue weighted by atomic mass is 16.5. The summed E-state index contributed by atoms with van der Waals surface area (Å²) in [4.78, 5) is 12.6. The number of amides is 1. The molecule has 0 heterocycles. The van der Waals surface area contributed by atoms with E-state index in [0.29, 0.717) is 17.1 Å². The largest absolute Gasteiger partial charge is 0.457 e. The zero-order chi connectivity index (χ0) is 22.0. The smallest absolute Gasteiger partial charge is 0.275 e. The number of carbonyl (C=O) groups excluding carboxylic acids is 1. The molecule has 0 unspecified atom stereocenters. The molecule has 4 aromatic carbocycles. The van der Waals surface area contributed by atoms with Crippen LogP contribution in [0.5, 0.6) is 11.5 Å². The van der Waals surface area contributed by atoms with Gasteiger partial charge in [0.2, 0.25) is 0 Å². The van der Waals surface area contributed by atoms with Gasteiger partial charge in [0.15, 0.2) is 0 Å². The van der Waals surface area contributed by atoms with Gasteiger partial charge in [-0.1, -0.05) is 97.1 Å². The highest BCUT2D eigenvalue weighted by Crippen LogP contribution is 2.24. The first-order valence-electron chi connectivity index (χ1n) is 10.3. The summed E-state index contributed by atoms with van der Waals surface area (Å²) in [5.41, 5.74) is 6.10. The fourth-order valence-corrected chi connectivity index (χ4v) is 3.03. The summed E-state index contributed by atoms with van der Waals surface area (Å²) in [6.07, 6.45) is 5.74. The Balaban J connectivity index is 1.37. The number of hydrazone groups is 1. The number of rotatable bonds is 7. The summed E-state index contributed by atoms with van der Waals surface area (Å²) in [6.45, 7) is 0. The molecule has 0 bridgehead atoms. The van der Waals surface area contributed by atoms with Crippen molar-refractivity contribution in [2.75, 3.05) is 0 Å². The van der Waals surface area contributed by atoms with E-state index < -0.39 is 0 Å². The second-order valence-electron chi connectivity index (χ2n) is 7.02. The molecule has 0 aliphatic carbocycles. The number of hydrogen-bond acceptors (Lipinski definition) is 3. The van der Waals surface area contributed by atoms with Crippen molar-refractivity contribution in [3.8, 4) is 11.5 Å². The number of para-hydroxylation sites is 2. The summed E-state index contributed by atoms with van der Waals surface area (Å²) in [5, 5.41) is 4.09. The van der Waals surface area contributed by atoms with Crippen LogP contribution in [0.25, 0.3) is 12.2 Å². The van der Waals surface area contributed by atoms with Crippen LogP contribution in [0.3, 0.4) is 0 Å². The maximum absolute atomic E-state index is 12.6. The third-order valence-corrected chi connectivity index (χ3v) is 4.69. The van der Waals surface area contributed by atoms with Crippen LogP contribution in [0, 0.1) is 0 Å². The number of hydrogen-bond donors (Lipinski definition) is 1. The molecular weight excluding hydrogens is 396 g/mol. The zero-order valence-corrected chi connectivity index (χ0v) is 17.4. The third kappa shape index (κ3) is 5.80. The molecule has 0 aliphatic rings. The fraction of sp³-hybridized carbons (Fsp3) is 0. The van der Waals surface area contributed by atoms with E-state index in [0.717, 1.165) is 16.7 Å². The average molecular weight is 418 g/mol. The monoisotopic (exact) mass is 418 g/mol. The number of carbonyl (C=O) groups is 1. The number of benzene rings is 4. The van der Waals surface area contributed by atoms with Crippen LogP contribution in [0.2, 0.25) is 0 Å². The minimum atomic E-state index is -0.338. The SMILES string of the molecule is O=C(N/N=C/c1ccc(/C=C/c2ccccc2)cc1)c1ccccc1Oc1ccccc1. The number of nitrogens with one attached hydrogen (secondary N) is 1. The molecule has 0 radical (unpaired) electrons. The Kier molecular flexibility index (Phi) is 6.86. The Hall–Kier alpha value is -4.44. The van der Waals surface area contributed by atoms with Gasteiger partial charge in [-0.15, -0.1) is 0 Å². The molecule has 0 fully saturated rings. The van der Waals surface area contributed by atoms with E-state index >= 15 is 0 Å². The van der Waals surface area contributed by atoms with Gasteiger partial charge in [0.05, 0.1) is 11.8 Å². The van der Waals surface area contributed by atoms with Crippen molar-refractivity contribution in [3.63, 3.8) is 0 Å². The lowest BCUT2D eigenvalue weighted by atomic mass is 10.1. The first-order valence-corrected chi connectivity index (χ1v) is 10.3. The van der Waals surface area contributed by atoms with Gasteiger partial charge in [-0.3, -0.25) is 4.79 Å². The maximum Gasteiger partial charge on any atom is 0.275 e. The highest BCUT2D eigenvalue weighted by Gasteiger charge is 2.12. The minimum absolute atomic E-state index is 0.338. The fourth-order valence-electron chi connectivity index (χ4n) is 3.03. The van der Waals surface area contributed by atoms with E-state index in [2.05, 4.69) is 34.8 Å². The van der Waals surface area contributed by atoms with Crippen LogP contribution in [0.1, 0.15) is 27.0 Å². The van der Waals surface area contributed by atoms with Crippen LogP contribution in [0.4, 0.5) is 0 Å². The predicted molar refractivity (Wildman–Crippen MR) is 130 cm³/mol. The van der Waals surface area contributed by atoms with Crippen molar-refractivity contribution < 1.29 is 9.53 Å². The van der Waals surface area contributed by atoms with E-state index in [4.69, 9.17) is 4.74 Å². The molecule has 1 N–H and O–H groups in total. The van der Waals surface area contributed by atoms with Crippen LogP contribution in [0.15, 0.2) is 114 Å². The van der Waals surface area contributed by atoms with Crippen LogP contribution in [-0.2, 0) is 0 Å². The Bertz CT molecular complexity index is 1220. The van der Waals surface area contributed by atoms with E-state index in [-0.39, 0.29) is 5.91 Å². The van der Waals surface area contributed by atoms with Crippen LogP contribution < -0.4 is 10.2 Å². The summed E-state index contributed by atoms with van der Waals surface area (Å²) in [5.74, 6) is 0.800. The quantitative estimate of drug-likeness (QED) is 0.214. The third-order valence-electron chi connectivity index (χ3n) is 4.69. The van der Waals surface area contributed by atoms with Gasteiger partial charge in [-0.2, -0.15) is 5.10 Å². The Morgan fingerprint density at radius 1 is 0.656 bits per heavy atom. The summed E-state index contributed by atoms with van der Waals surface area (Å²) >= 11 is 0. The highest BCUT2D eigenvalue weighted by molar-refractivity contribution is 5.97. The number of ether oxygens (including phenoxy) is 1. The first kappa shape index (κ1) is 20.8. The predicted octanol–water partition coefficient (Wildman–Crippen LogP) is 6.41. The Morgan fingerprint density at radius 2 is 1.22 bits per heavy atom. The van der Waals surface area contributed by atoms with Gasteiger partial charge in [-0.25, -0.2) is 5.43 Å². The van der Waals surface area contributed by atoms with Gasteiger partial charge < -0.3 is 4.74 Å². The molecule has 4 heteroatoms. The molecule has 4 rings (SSSR count). The van der Waals surface area contributed by atoms with Gasteiger partial charge in [-0.05, 0) is 41.0 Å². The summed E-state index contributed by atoms with van der Waals surface area (Å²) < 4.78 is 5.84. The van der Waals surface area contributed by atoms with Crippen molar-refractivity contribution in [2.45, 2.75) is 0 Å². The minimum Gasteiger partial charge on any atom is -0.457 e. The van der Waals surface area contributed by atoms with Crippen LogP contribution >= 0.6 is 0 Å². The van der Waals surface area contributed by atoms with Gasteiger partial charge in [0.25, 0.3) is 5.91 Å². The molecule has 0 saturated carbocycles.